The lowest BCUT2D eigenvalue weighted by molar-refractivity contribution is -0.136. The summed E-state index contributed by atoms with van der Waals surface area (Å²) in [6, 6.07) is 10.8. The quantitative estimate of drug-likeness (QED) is 0.433. The standard InChI is InChI=1S/C25H26FNO5/c1-5-13-32-21-12-7-17(15-22(21)31-6-2)14-20-23(25(29)30-4)16(3)27(24(20)28)19-10-8-18(26)9-11-19/h7-12,14-15H,5-6,13H2,1-4H3/b20-14-. The molecule has 0 spiro atoms. The van der Waals surface area contributed by atoms with Crippen LogP contribution in [0, 0.1) is 5.82 Å². The number of hydrogen-bond acceptors (Lipinski definition) is 5. The smallest absolute Gasteiger partial charge is 0.340 e. The molecule has 0 aliphatic carbocycles. The van der Waals surface area contributed by atoms with Crippen LogP contribution in [0.15, 0.2) is 59.3 Å². The van der Waals surface area contributed by atoms with E-state index < -0.39 is 17.7 Å². The lowest BCUT2D eigenvalue weighted by Gasteiger charge is -2.17. The van der Waals surface area contributed by atoms with Crippen LogP contribution in [0.2, 0.25) is 0 Å². The van der Waals surface area contributed by atoms with Crippen molar-refractivity contribution in [2.75, 3.05) is 25.2 Å². The molecule has 2 aromatic rings. The molecular formula is C25H26FNO5. The number of esters is 1. The van der Waals surface area contributed by atoms with Crippen molar-refractivity contribution in [1.82, 2.24) is 0 Å². The second-order valence-corrected chi connectivity index (χ2v) is 7.11. The fourth-order valence-corrected chi connectivity index (χ4v) is 3.46. The zero-order valence-corrected chi connectivity index (χ0v) is 18.6. The Labute approximate surface area is 186 Å². The number of carbonyl (C=O) groups is 2. The number of ether oxygens (including phenoxy) is 3. The third-order valence-corrected chi connectivity index (χ3v) is 4.91. The van der Waals surface area contributed by atoms with Gasteiger partial charge in [0.05, 0.1) is 31.5 Å². The van der Waals surface area contributed by atoms with Crippen LogP contribution in [-0.4, -0.2) is 32.2 Å². The molecule has 0 aromatic heterocycles. The largest absolute Gasteiger partial charge is 0.490 e. The van der Waals surface area contributed by atoms with Crippen molar-refractivity contribution in [3.63, 3.8) is 0 Å². The summed E-state index contributed by atoms with van der Waals surface area (Å²) in [5, 5.41) is 0. The minimum absolute atomic E-state index is 0.158. The molecule has 0 N–H and O–H groups in total. The van der Waals surface area contributed by atoms with E-state index in [1.54, 1.807) is 31.2 Å². The summed E-state index contributed by atoms with van der Waals surface area (Å²) >= 11 is 0. The first-order chi connectivity index (χ1) is 15.4. The van der Waals surface area contributed by atoms with Gasteiger partial charge in [0, 0.05) is 11.4 Å². The maximum Gasteiger partial charge on any atom is 0.340 e. The van der Waals surface area contributed by atoms with Gasteiger partial charge in [0.25, 0.3) is 5.91 Å². The average molecular weight is 439 g/mol. The van der Waals surface area contributed by atoms with Gasteiger partial charge in [-0.05, 0) is 68.3 Å². The van der Waals surface area contributed by atoms with E-state index in [2.05, 4.69) is 0 Å². The monoisotopic (exact) mass is 439 g/mol. The van der Waals surface area contributed by atoms with Crippen LogP contribution in [0.1, 0.15) is 32.8 Å². The topological polar surface area (TPSA) is 65.1 Å². The Morgan fingerprint density at radius 2 is 1.78 bits per heavy atom. The molecular weight excluding hydrogens is 413 g/mol. The van der Waals surface area contributed by atoms with E-state index in [0.29, 0.717) is 41.7 Å². The van der Waals surface area contributed by atoms with Crippen molar-refractivity contribution < 1.29 is 28.2 Å². The van der Waals surface area contributed by atoms with Gasteiger partial charge < -0.3 is 14.2 Å². The molecule has 1 aliphatic heterocycles. The summed E-state index contributed by atoms with van der Waals surface area (Å²) in [5.74, 6) is -0.281. The van der Waals surface area contributed by atoms with Crippen molar-refractivity contribution in [3.8, 4) is 11.5 Å². The van der Waals surface area contributed by atoms with Gasteiger partial charge in [0.2, 0.25) is 0 Å². The fraction of sp³-hybridized carbons (Fsp3) is 0.280. The molecule has 0 bridgehead atoms. The molecule has 0 atom stereocenters. The number of anilines is 1. The predicted octanol–water partition coefficient (Wildman–Crippen LogP) is 4.89. The van der Waals surface area contributed by atoms with Gasteiger partial charge >= 0.3 is 5.97 Å². The zero-order valence-electron chi connectivity index (χ0n) is 18.6. The molecule has 0 fully saturated rings. The maximum absolute atomic E-state index is 13.4. The van der Waals surface area contributed by atoms with Crippen LogP contribution in [0.4, 0.5) is 10.1 Å². The molecule has 3 rings (SSSR count). The maximum atomic E-state index is 13.4. The molecule has 1 heterocycles. The van der Waals surface area contributed by atoms with Gasteiger partial charge in [-0.15, -0.1) is 0 Å². The molecule has 0 radical (unpaired) electrons. The van der Waals surface area contributed by atoms with Crippen molar-refractivity contribution in [2.24, 2.45) is 0 Å². The van der Waals surface area contributed by atoms with Crippen LogP contribution >= 0.6 is 0 Å². The molecule has 7 heteroatoms. The Morgan fingerprint density at radius 1 is 1.06 bits per heavy atom. The third-order valence-electron chi connectivity index (χ3n) is 4.91. The number of methoxy groups -OCH3 is 1. The molecule has 0 saturated carbocycles. The summed E-state index contributed by atoms with van der Waals surface area (Å²) in [6.07, 6.45) is 2.48. The highest BCUT2D eigenvalue weighted by atomic mass is 19.1. The molecule has 1 amide bonds. The van der Waals surface area contributed by atoms with E-state index in [0.717, 1.165) is 6.42 Å². The van der Waals surface area contributed by atoms with Crippen molar-refractivity contribution in [2.45, 2.75) is 27.2 Å². The van der Waals surface area contributed by atoms with E-state index in [9.17, 15) is 14.0 Å². The highest BCUT2D eigenvalue weighted by Crippen LogP contribution is 2.36. The highest BCUT2D eigenvalue weighted by molar-refractivity contribution is 6.23. The molecule has 2 aromatic carbocycles. The van der Waals surface area contributed by atoms with E-state index in [1.165, 1.54) is 36.3 Å². The third kappa shape index (κ3) is 4.66. The van der Waals surface area contributed by atoms with Gasteiger partial charge in [0.1, 0.15) is 5.82 Å². The Balaban J connectivity index is 2.06. The Bertz CT molecular complexity index is 1070. The molecule has 1 aliphatic rings. The van der Waals surface area contributed by atoms with Crippen LogP contribution in [0.3, 0.4) is 0 Å². The van der Waals surface area contributed by atoms with Gasteiger partial charge in [-0.2, -0.15) is 0 Å². The van der Waals surface area contributed by atoms with Crippen molar-refractivity contribution >= 4 is 23.6 Å². The van der Waals surface area contributed by atoms with E-state index in [1.807, 2.05) is 13.8 Å². The molecule has 6 nitrogen and oxygen atoms in total. The normalized spacial score (nSPS) is 14.8. The summed E-state index contributed by atoms with van der Waals surface area (Å²) in [6.45, 7) is 6.55. The molecule has 32 heavy (non-hydrogen) atoms. The number of allylic oxidation sites excluding steroid dienone is 1. The van der Waals surface area contributed by atoms with E-state index in [4.69, 9.17) is 14.2 Å². The van der Waals surface area contributed by atoms with Gasteiger partial charge in [-0.3, -0.25) is 9.69 Å². The SMILES string of the molecule is CCCOc1ccc(/C=C2\C(=O)N(c3ccc(F)cc3)C(C)=C2C(=O)OC)cc1OCC. The van der Waals surface area contributed by atoms with Gasteiger partial charge in [-0.1, -0.05) is 13.0 Å². The summed E-state index contributed by atoms with van der Waals surface area (Å²) in [7, 11) is 1.26. The average Bonchev–Trinajstić information content (AvgIpc) is 3.03. The number of nitrogens with zero attached hydrogens (tertiary/aromatic N) is 1. The Kier molecular flexibility index (Phi) is 7.30. The van der Waals surface area contributed by atoms with Crippen LogP contribution in [0.25, 0.3) is 6.08 Å². The van der Waals surface area contributed by atoms with E-state index in [-0.39, 0.29) is 11.1 Å². The predicted molar refractivity (Wildman–Crippen MR) is 120 cm³/mol. The second kappa shape index (κ2) is 10.1. The van der Waals surface area contributed by atoms with Crippen LogP contribution in [0.5, 0.6) is 11.5 Å². The number of carbonyl (C=O) groups excluding carboxylic acids is 2. The number of rotatable bonds is 8. The lowest BCUT2D eigenvalue weighted by Crippen LogP contribution is -2.24. The van der Waals surface area contributed by atoms with Crippen molar-refractivity contribution in [1.29, 1.82) is 0 Å². The first-order valence-corrected chi connectivity index (χ1v) is 10.4. The van der Waals surface area contributed by atoms with Gasteiger partial charge in [-0.25, -0.2) is 9.18 Å². The Morgan fingerprint density at radius 3 is 2.41 bits per heavy atom. The first-order valence-electron chi connectivity index (χ1n) is 10.4. The summed E-state index contributed by atoms with van der Waals surface area (Å²) < 4.78 is 29.7. The number of benzene rings is 2. The summed E-state index contributed by atoms with van der Waals surface area (Å²) in [4.78, 5) is 27.2. The fourth-order valence-electron chi connectivity index (χ4n) is 3.46. The first kappa shape index (κ1) is 23.1. The zero-order chi connectivity index (χ0) is 23.3. The highest BCUT2D eigenvalue weighted by Gasteiger charge is 2.37. The van der Waals surface area contributed by atoms with Crippen LogP contribution < -0.4 is 14.4 Å². The van der Waals surface area contributed by atoms with E-state index >= 15 is 0 Å². The number of hydrogen-bond donors (Lipinski definition) is 0. The van der Waals surface area contributed by atoms with Gasteiger partial charge in [0.15, 0.2) is 11.5 Å². The number of amides is 1. The minimum Gasteiger partial charge on any atom is -0.490 e. The molecule has 0 unspecified atom stereocenters. The summed E-state index contributed by atoms with van der Waals surface area (Å²) in [5.41, 5.74) is 1.87. The Hall–Kier alpha value is -3.61. The minimum atomic E-state index is -0.625. The van der Waals surface area contributed by atoms with Crippen LogP contribution in [-0.2, 0) is 14.3 Å². The van der Waals surface area contributed by atoms with Crippen molar-refractivity contribution in [3.05, 3.63) is 70.7 Å². The molecule has 168 valence electrons. The number of halogens is 1. The second-order valence-electron chi connectivity index (χ2n) is 7.11. The molecule has 0 saturated heterocycles. The lowest BCUT2D eigenvalue weighted by atomic mass is 10.0.